The second-order valence-electron chi connectivity index (χ2n) is 5.12. The molecular weight excluding hydrogens is 236 g/mol. The fraction of sp³-hybridized carbons (Fsp3) is 0.375. The molecule has 3 rings (SSSR count). The highest BCUT2D eigenvalue weighted by Gasteiger charge is 2.24. The molecule has 3 heteroatoms. The number of aromatic nitrogens is 2. The zero-order valence-corrected chi connectivity index (χ0v) is 11.7. The van der Waals surface area contributed by atoms with Gasteiger partial charge in [0.1, 0.15) is 0 Å². The van der Waals surface area contributed by atoms with E-state index in [0.717, 1.165) is 24.2 Å². The first-order valence-electron chi connectivity index (χ1n) is 6.83. The molecule has 0 unspecified atom stereocenters. The second kappa shape index (κ2) is 4.34. The molecule has 0 aliphatic heterocycles. The van der Waals surface area contributed by atoms with Crippen LogP contribution in [0, 0.1) is 13.8 Å². The number of hydrogen-bond acceptors (Lipinski definition) is 2. The Balaban J connectivity index is 2.24. The largest absolute Gasteiger partial charge is 0.294 e. The van der Waals surface area contributed by atoms with Crippen LogP contribution < -0.4 is 0 Å². The van der Waals surface area contributed by atoms with Gasteiger partial charge in [0.25, 0.3) is 0 Å². The van der Waals surface area contributed by atoms with Crippen LogP contribution in [0.5, 0.6) is 0 Å². The molecule has 1 aromatic heterocycles. The molecule has 98 valence electrons. The Labute approximate surface area is 113 Å². The zero-order valence-electron chi connectivity index (χ0n) is 11.7. The van der Waals surface area contributed by atoms with E-state index in [4.69, 9.17) is 0 Å². The van der Waals surface area contributed by atoms with Gasteiger partial charge < -0.3 is 0 Å². The van der Waals surface area contributed by atoms with Gasteiger partial charge in [-0.3, -0.25) is 9.48 Å². The molecule has 0 bridgehead atoms. The topological polar surface area (TPSA) is 34.9 Å². The van der Waals surface area contributed by atoms with Crippen LogP contribution in [0.4, 0.5) is 0 Å². The summed E-state index contributed by atoms with van der Waals surface area (Å²) < 4.78 is 2.03. The van der Waals surface area contributed by atoms with Gasteiger partial charge in [-0.1, -0.05) is 18.2 Å². The SMILES string of the molecule is CCn1nc(C)c(-c2cccc3c2CCC3=O)c1C. The van der Waals surface area contributed by atoms with Gasteiger partial charge in [-0.15, -0.1) is 0 Å². The lowest BCUT2D eigenvalue weighted by molar-refractivity contribution is 0.0994. The van der Waals surface area contributed by atoms with Gasteiger partial charge in [-0.25, -0.2) is 0 Å². The summed E-state index contributed by atoms with van der Waals surface area (Å²) >= 11 is 0. The van der Waals surface area contributed by atoms with Gasteiger partial charge in [-0.05, 0) is 38.3 Å². The number of rotatable bonds is 2. The van der Waals surface area contributed by atoms with Gasteiger partial charge in [-0.2, -0.15) is 5.10 Å². The number of fused-ring (bicyclic) bond motifs is 1. The van der Waals surface area contributed by atoms with E-state index in [2.05, 4.69) is 25.0 Å². The van der Waals surface area contributed by atoms with Gasteiger partial charge in [0.15, 0.2) is 5.78 Å². The zero-order chi connectivity index (χ0) is 13.6. The number of ketones is 1. The summed E-state index contributed by atoms with van der Waals surface area (Å²) in [5, 5.41) is 4.58. The van der Waals surface area contributed by atoms with Crippen molar-refractivity contribution in [3.8, 4) is 11.1 Å². The average molecular weight is 254 g/mol. The summed E-state index contributed by atoms with van der Waals surface area (Å²) in [5.41, 5.74) is 6.74. The summed E-state index contributed by atoms with van der Waals surface area (Å²) in [6.07, 6.45) is 1.51. The minimum atomic E-state index is 0.273. The summed E-state index contributed by atoms with van der Waals surface area (Å²) in [6.45, 7) is 7.13. The second-order valence-corrected chi connectivity index (χ2v) is 5.12. The van der Waals surface area contributed by atoms with Crippen molar-refractivity contribution in [2.45, 2.75) is 40.2 Å². The van der Waals surface area contributed by atoms with Crippen molar-refractivity contribution in [2.75, 3.05) is 0 Å². The molecule has 1 aliphatic rings. The van der Waals surface area contributed by atoms with Crippen LogP contribution in [0.2, 0.25) is 0 Å². The monoisotopic (exact) mass is 254 g/mol. The highest BCUT2D eigenvalue weighted by Crippen LogP contribution is 2.35. The molecule has 0 spiro atoms. The Morgan fingerprint density at radius 1 is 1.21 bits per heavy atom. The molecule has 1 aliphatic carbocycles. The molecule has 0 amide bonds. The molecule has 0 saturated carbocycles. The van der Waals surface area contributed by atoms with Crippen LogP contribution in [-0.2, 0) is 13.0 Å². The van der Waals surface area contributed by atoms with E-state index in [1.807, 2.05) is 23.7 Å². The Morgan fingerprint density at radius 2 is 1.95 bits per heavy atom. The first-order chi connectivity index (χ1) is 9.13. The number of Topliss-reactive ketones (excluding diaryl/α,β-unsaturated/α-hetero) is 1. The third-order valence-electron chi connectivity index (χ3n) is 4.03. The summed E-state index contributed by atoms with van der Waals surface area (Å²) in [5.74, 6) is 0.273. The molecule has 0 saturated heterocycles. The lowest BCUT2D eigenvalue weighted by Gasteiger charge is -2.08. The first-order valence-corrected chi connectivity index (χ1v) is 6.83. The lowest BCUT2D eigenvalue weighted by Crippen LogP contribution is -1.99. The fourth-order valence-corrected chi connectivity index (χ4v) is 3.12. The van der Waals surface area contributed by atoms with Crippen molar-refractivity contribution < 1.29 is 4.79 Å². The number of carbonyl (C=O) groups excluding carboxylic acids is 1. The first kappa shape index (κ1) is 12.2. The van der Waals surface area contributed by atoms with Gasteiger partial charge in [0, 0.05) is 29.8 Å². The summed E-state index contributed by atoms with van der Waals surface area (Å²) in [6, 6.07) is 6.05. The van der Waals surface area contributed by atoms with E-state index in [9.17, 15) is 4.79 Å². The molecule has 0 radical (unpaired) electrons. The van der Waals surface area contributed by atoms with Crippen molar-refractivity contribution in [1.82, 2.24) is 9.78 Å². The predicted molar refractivity (Wildman–Crippen MR) is 75.5 cm³/mol. The smallest absolute Gasteiger partial charge is 0.163 e. The number of aryl methyl sites for hydroxylation is 2. The normalized spacial score (nSPS) is 13.9. The van der Waals surface area contributed by atoms with Gasteiger partial charge >= 0.3 is 0 Å². The van der Waals surface area contributed by atoms with Crippen LogP contribution in [0.25, 0.3) is 11.1 Å². The van der Waals surface area contributed by atoms with E-state index >= 15 is 0 Å². The van der Waals surface area contributed by atoms with Crippen LogP contribution in [0.15, 0.2) is 18.2 Å². The molecule has 3 nitrogen and oxygen atoms in total. The quantitative estimate of drug-likeness (QED) is 0.824. The van der Waals surface area contributed by atoms with Gasteiger partial charge in [0.2, 0.25) is 0 Å². The van der Waals surface area contributed by atoms with Gasteiger partial charge in [0.05, 0.1) is 5.69 Å². The van der Waals surface area contributed by atoms with Crippen LogP contribution >= 0.6 is 0 Å². The maximum atomic E-state index is 11.9. The van der Waals surface area contributed by atoms with Crippen molar-refractivity contribution in [3.63, 3.8) is 0 Å². The third kappa shape index (κ3) is 1.72. The molecule has 0 atom stereocenters. The highest BCUT2D eigenvalue weighted by molar-refractivity contribution is 6.02. The number of benzene rings is 1. The minimum Gasteiger partial charge on any atom is -0.294 e. The molecule has 0 N–H and O–H groups in total. The van der Waals surface area contributed by atoms with E-state index in [1.54, 1.807) is 0 Å². The maximum absolute atomic E-state index is 11.9. The average Bonchev–Trinajstić information content (AvgIpc) is 2.91. The fourth-order valence-electron chi connectivity index (χ4n) is 3.12. The standard InChI is InChI=1S/C16H18N2O/c1-4-18-11(3)16(10(2)17-18)14-7-5-6-13-12(14)8-9-15(13)19/h5-7H,4,8-9H2,1-3H3. The summed E-state index contributed by atoms with van der Waals surface area (Å²) in [4.78, 5) is 11.9. The molecule has 1 aromatic carbocycles. The molecule has 19 heavy (non-hydrogen) atoms. The highest BCUT2D eigenvalue weighted by atomic mass is 16.1. The summed E-state index contributed by atoms with van der Waals surface area (Å²) in [7, 11) is 0. The molecule has 0 fully saturated rings. The predicted octanol–water partition coefficient (Wildman–Crippen LogP) is 3.32. The number of carbonyl (C=O) groups is 1. The Kier molecular flexibility index (Phi) is 2.77. The third-order valence-corrected chi connectivity index (χ3v) is 4.03. The van der Waals surface area contributed by atoms with Crippen molar-refractivity contribution in [1.29, 1.82) is 0 Å². The van der Waals surface area contributed by atoms with Crippen LogP contribution in [0.3, 0.4) is 0 Å². The number of nitrogens with zero attached hydrogens (tertiary/aromatic N) is 2. The van der Waals surface area contributed by atoms with Crippen molar-refractivity contribution >= 4 is 5.78 Å². The molecule has 2 aromatic rings. The maximum Gasteiger partial charge on any atom is 0.163 e. The Morgan fingerprint density at radius 3 is 2.63 bits per heavy atom. The van der Waals surface area contributed by atoms with E-state index < -0.39 is 0 Å². The van der Waals surface area contributed by atoms with Crippen molar-refractivity contribution in [2.24, 2.45) is 0 Å². The minimum absolute atomic E-state index is 0.273. The van der Waals surface area contributed by atoms with Crippen LogP contribution in [0.1, 0.15) is 40.7 Å². The van der Waals surface area contributed by atoms with Crippen LogP contribution in [-0.4, -0.2) is 15.6 Å². The lowest BCUT2D eigenvalue weighted by atomic mass is 9.95. The Hall–Kier alpha value is -1.90. The Bertz CT molecular complexity index is 668. The van der Waals surface area contributed by atoms with E-state index in [1.165, 1.54) is 22.4 Å². The van der Waals surface area contributed by atoms with E-state index in [0.29, 0.717) is 6.42 Å². The van der Waals surface area contributed by atoms with E-state index in [-0.39, 0.29) is 5.78 Å². The molecular formula is C16H18N2O. The number of hydrogen-bond donors (Lipinski definition) is 0. The molecule has 1 heterocycles. The van der Waals surface area contributed by atoms with Crippen molar-refractivity contribution in [3.05, 3.63) is 40.7 Å².